The van der Waals surface area contributed by atoms with Crippen LogP contribution in [0.5, 0.6) is 0 Å². The molecule has 98 valence electrons. The van der Waals surface area contributed by atoms with E-state index in [4.69, 9.17) is 0 Å². The van der Waals surface area contributed by atoms with Crippen molar-refractivity contribution in [2.24, 2.45) is 0 Å². The van der Waals surface area contributed by atoms with Gasteiger partial charge < -0.3 is 4.70 Å². The third-order valence-electron chi connectivity index (χ3n) is 3.26. The predicted molar refractivity (Wildman–Crippen MR) is 73.7 cm³/mol. The second kappa shape index (κ2) is 8.24. The Hall–Kier alpha value is -0.890. The van der Waals surface area contributed by atoms with Crippen LogP contribution in [0.25, 0.3) is 0 Å². The fourth-order valence-electron chi connectivity index (χ4n) is 2.75. The Morgan fingerprint density at radius 1 is 0.765 bits per heavy atom. The van der Waals surface area contributed by atoms with Gasteiger partial charge in [-0.05, 0) is 31.4 Å². The molecule has 0 amide bonds. The molecule has 0 radical (unpaired) electrons. The number of hydrogen-bond acceptors (Lipinski definition) is 0. The Morgan fingerprint density at radius 2 is 1.18 bits per heavy atom. The average molecular weight is 239 g/mol. The summed E-state index contributed by atoms with van der Waals surface area (Å²) in [5.41, 5.74) is 1.49. The fourth-order valence-corrected chi connectivity index (χ4v) is 2.75. The monoisotopic (exact) mass is 239 g/mol. The number of quaternary nitrogens is 1. The van der Waals surface area contributed by atoms with Gasteiger partial charge in [0.25, 0.3) is 0 Å². The van der Waals surface area contributed by atoms with Crippen LogP contribution in [0.15, 0.2) is 30.3 Å². The summed E-state index contributed by atoms with van der Waals surface area (Å²) in [6.07, 6.45) is 3.78. The van der Waals surface area contributed by atoms with Crippen molar-refractivity contribution in [1.29, 1.82) is 0 Å². The highest BCUT2D eigenvalue weighted by molar-refractivity contribution is 5.42. The third kappa shape index (κ3) is 4.12. The van der Waals surface area contributed by atoms with Gasteiger partial charge in [-0.25, -0.2) is 0 Å². The second-order valence-corrected chi connectivity index (χ2v) is 4.65. The minimum absolute atomic E-state index is 0. The van der Waals surface area contributed by atoms with Crippen molar-refractivity contribution in [2.45, 2.75) is 40.0 Å². The van der Waals surface area contributed by atoms with E-state index in [2.05, 4.69) is 51.1 Å². The molecule has 0 fully saturated rings. The third-order valence-corrected chi connectivity index (χ3v) is 3.26. The van der Waals surface area contributed by atoms with Crippen molar-refractivity contribution in [3.05, 3.63) is 30.3 Å². The minimum atomic E-state index is 0. The maximum atomic E-state index is 2.29. The number of rotatable bonds is 7. The molecule has 0 saturated heterocycles. The van der Waals surface area contributed by atoms with Crippen LogP contribution in [-0.2, 0) is 0 Å². The van der Waals surface area contributed by atoms with E-state index in [0.29, 0.717) is 0 Å². The summed E-state index contributed by atoms with van der Waals surface area (Å²) in [7, 11) is 0. The van der Waals surface area contributed by atoms with Crippen molar-refractivity contribution in [1.82, 2.24) is 4.48 Å². The van der Waals surface area contributed by atoms with Gasteiger partial charge in [-0.2, -0.15) is 0 Å². The molecule has 2 heteroatoms. The lowest BCUT2D eigenvalue weighted by Gasteiger charge is -2.38. The molecule has 1 nitrogen and oxygen atoms in total. The molecule has 0 bridgehead atoms. The van der Waals surface area contributed by atoms with Crippen LogP contribution in [0, 0.1) is 0 Å². The fraction of sp³-hybridized carbons (Fsp3) is 0.600. The van der Waals surface area contributed by atoms with Crippen LogP contribution in [0.4, 0.5) is 5.69 Å². The van der Waals surface area contributed by atoms with Gasteiger partial charge in [0.1, 0.15) is 5.69 Å². The van der Waals surface area contributed by atoms with Gasteiger partial charge in [-0.15, -0.1) is 0 Å². The maximum Gasteiger partial charge on any atom is 0.132 e. The molecule has 17 heavy (non-hydrogen) atoms. The molecular weight excluding hydrogens is 213 g/mol. The van der Waals surface area contributed by atoms with Crippen LogP contribution >= 0.6 is 0 Å². The molecule has 0 unspecified atom stereocenters. The van der Waals surface area contributed by atoms with E-state index >= 15 is 0 Å². The minimum Gasteiger partial charge on any atom is -1.00 e. The average Bonchev–Trinajstić information content (AvgIpc) is 2.31. The molecule has 0 N–H and O–H groups in total. The maximum absolute atomic E-state index is 2.29. The molecule has 0 aliphatic rings. The zero-order chi connectivity index (χ0) is 11.9. The predicted octanol–water partition coefficient (Wildman–Crippen LogP) is 1.23. The van der Waals surface area contributed by atoms with Crippen LogP contribution in [0.2, 0.25) is 0 Å². The first-order valence-corrected chi connectivity index (χ1v) is 6.70. The van der Waals surface area contributed by atoms with Crippen molar-refractivity contribution < 1.29 is 4.70 Å². The molecule has 0 atom stereocenters. The lowest BCUT2D eigenvalue weighted by atomic mass is 10.1. The summed E-state index contributed by atoms with van der Waals surface area (Å²) >= 11 is 0. The molecule has 1 aromatic rings. The molecular formula is C15H26FN. The van der Waals surface area contributed by atoms with Crippen LogP contribution in [-0.4, -0.2) is 19.6 Å². The van der Waals surface area contributed by atoms with Crippen LogP contribution in [0.1, 0.15) is 40.0 Å². The number of nitrogens with zero attached hydrogens (tertiary/aromatic N) is 1. The van der Waals surface area contributed by atoms with E-state index in [9.17, 15) is 0 Å². The molecule has 0 aliphatic carbocycles. The SMILES string of the molecule is CCC[N+](CCC)(CCC)c1ccccc1.[F-]. The Balaban J connectivity index is 0.00000256. The lowest BCUT2D eigenvalue weighted by Crippen LogP contribution is -3.00. The van der Waals surface area contributed by atoms with Gasteiger partial charge in [0.05, 0.1) is 19.6 Å². The molecule has 0 saturated carbocycles. The number of halogens is 1. The van der Waals surface area contributed by atoms with E-state index in [0.717, 1.165) is 0 Å². The Bertz CT molecular complexity index is 267. The van der Waals surface area contributed by atoms with Gasteiger partial charge in [-0.3, -0.25) is 4.48 Å². The van der Waals surface area contributed by atoms with Crippen LogP contribution in [0.3, 0.4) is 0 Å². The van der Waals surface area contributed by atoms with Gasteiger partial charge in [-0.1, -0.05) is 39.0 Å². The van der Waals surface area contributed by atoms with Gasteiger partial charge in [0.15, 0.2) is 0 Å². The van der Waals surface area contributed by atoms with E-state index < -0.39 is 0 Å². The van der Waals surface area contributed by atoms with Gasteiger partial charge >= 0.3 is 0 Å². The highest BCUT2D eigenvalue weighted by Crippen LogP contribution is 2.24. The van der Waals surface area contributed by atoms with Crippen molar-refractivity contribution in [2.75, 3.05) is 19.6 Å². The summed E-state index contributed by atoms with van der Waals surface area (Å²) in [5.74, 6) is 0. The quantitative estimate of drug-likeness (QED) is 0.628. The van der Waals surface area contributed by atoms with E-state index in [-0.39, 0.29) is 4.70 Å². The first kappa shape index (κ1) is 16.1. The zero-order valence-electron chi connectivity index (χ0n) is 11.5. The molecule has 0 spiro atoms. The standard InChI is InChI=1S/C15H26N.FH/c1-4-12-16(13-5-2,14-6-3)15-10-8-7-9-11-15;/h7-11H,4-6,12-14H2,1-3H3;1H/q+1;/p-1. The molecule has 0 aromatic heterocycles. The summed E-state index contributed by atoms with van der Waals surface area (Å²) in [4.78, 5) is 0. The van der Waals surface area contributed by atoms with Gasteiger partial charge in [0, 0.05) is 0 Å². The molecule has 1 rings (SSSR count). The molecule has 1 aromatic carbocycles. The smallest absolute Gasteiger partial charge is 0.132 e. The Kier molecular flexibility index (Phi) is 7.81. The first-order valence-electron chi connectivity index (χ1n) is 6.70. The highest BCUT2D eigenvalue weighted by atomic mass is 19.0. The van der Waals surface area contributed by atoms with E-state index in [1.807, 2.05) is 0 Å². The van der Waals surface area contributed by atoms with Crippen LogP contribution < -0.4 is 9.19 Å². The number of hydrogen-bond donors (Lipinski definition) is 0. The molecule has 0 heterocycles. The Morgan fingerprint density at radius 3 is 1.53 bits per heavy atom. The summed E-state index contributed by atoms with van der Waals surface area (Å²) in [6, 6.07) is 11.0. The largest absolute Gasteiger partial charge is 1.00 e. The van der Waals surface area contributed by atoms with Crippen molar-refractivity contribution >= 4 is 5.69 Å². The summed E-state index contributed by atoms with van der Waals surface area (Å²) < 4.78 is 1.17. The molecule has 0 aliphatic heterocycles. The normalized spacial score (nSPS) is 11.0. The highest BCUT2D eigenvalue weighted by Gasteiger charge is 2.27. The van der Waals surface area contributed by atoms with Crippen molar-refractivity contribution in [3.63, 3.8) is 0 Å². The van der Waals surface area contributed by atoms with E-state index in [1.54, 1.807) is 0 Å². The number of benzene rings is 1. The Labute approximate surface area is 105 Å². The lowest BCUT2D eigenvalue weighted by molar-refractivity contribution is -0.00000357. The first-order chi connectivity index (χ1) is 7.79. The zero-order valence-corrected chi connectivity index (χ0v) is 11.5. The topological polar surface area (TPSA) is 0 Å². The number of para-hydroxylation sites is 1. The summed E-state index contributed by atoms with van der Waals surface area (Å²) in [5, 5.41) is 0. The van der Waals surface area contributed by atoms with Gasteiger partial charge in [0.2, 0.25) is 0 Å². The second-order valence-electron chi connectivity index (χ2n) is 4.65. The van der Waals surface area contributed by atoms with E-state index in [1.165, 1.54) is 49.1 Å². The van der Waals surface area contributed by atoms with Crippen molar-refractivity contribution in [3.8, 4) is 0 Å². The summed E-state index contributed by atoms with van der Waals surface area (Å²) in [6.45, 7) is 10.7.